The standard InChI is InChI=1S/C14H14BrN3O2/c1-9-3-4-11(15)7-10(9)8-16-13-6-5-12(17-18-13)14(19)20-2/h3-7H,8H2,1-2H3,(H,16,18). The highest BCUT2D eigenvalue weighted by atomic mass is 79.9. The zero-order chi connectivity index (χ0) is 14.5. The van der Waals surface area contributed by atoms with Crippen LogP contribution in [-0.2, 0) is 11.3 Å². The summed E-state index contributed by atoms with van der Waals surface area (Å²) in [4.78, 5) is 11.2. The first-order valence-electron chi connectivity index (χ1n) is 6.01. The monoisotopic (exact) mass is 335 g/mol. The van der Waals surface area contributed by atoms with Crippen molar-refractivity contribution in [2.24, 2.45) is 0 Å². The summed E-state index contributed by atoms with van der Waals surface area (Å²) < 4.78 is 5.60. The van der Waals surface area contributed by atoms with Crippen LogP contribution in [0.5, 0.6) is 0 Å². The van der Waals surface area contributed by atoms with Gasteiger partial charge < -0.3 is 10.1 Å². The minimum Gasteiger partial charge on any atom is -0.464 e. The molecule has 0 unspecified atom stereocenters. The summed E-state index contributed by atoms with van der Waals surface area (Å²) >= 11 is 3.45. The van der Waals surface area contributed by atoms with Gasteiger partial charge in [-0.2, -0.15) is 0 Å². The number of nitrogens with zero attached hydrogens (tertiary/aromatic N) is 2. The van der Waals surface area contributed by atoms with Gasteiger partial charge in [-0.3, -0.25) is 0 Å². The molecule has 0 spiro atoms. The molecular formula is C14H14BrN3O2. The number of carbonyl (C=O) groups is 1. The number of carbonyl (C=O) groups excluding carboxylic acids is 1. The van der Waals surface area contributed by atoms with Crippen LogP contribution in [0.25, 0.3) is 0 Å². The summed E-state index contributed by atoms with van der Waals surface area (Å²) in [6, 6.07) is 9.39. The van der Waals surface area contributed by atoms with Crippen molar-refractivity contribution in [3.05, 3.63) is 51.6 Å². The lowest BCUT2D eigenvalue weighted by Crippen LogP contribution is -2.08. The number of halogens is 1. The second-order valence-corrected chi connectivity index (χ2v) is 5.14. The SMILES string of the molecule is COC(=O)c1ccc(NCc2cc(Br)ccc2C)nn1. The van der Waals surface area contributed by atoms with Gasteiger partial charge in [0.15, 0.2) is 5.69 Å². The Morgan fingerprint density at radius 1 is 1.30 bits per heavy atom. The van der Waals surface area contributed by atoms with E-state index < -0.39 is 5.97 Å². The molecule has 6 heteroatoms. The van der Waals surface area contributed by atoms with E-state index in [1.54, 1.807) is 12.1 Å². The molecular weight excluding hydrogens is 322 g/mol. The molecule has 0 aliphatic carbocycles. The van der Waals surface area contributed by atoms with Crippen LogP contribution >= 0.6 is 15.9 Å². The number of hydrogen-bond acceptors (Lipinski definition) is 5. The number of aromatic nitrogens is 2. The van der Waals surface area contributed by atoms with Gasteiger partial charge in [-0.15, -0.1) is 10.2 Å². The molecule has 0 amide bonds. The van der Waals surface area contributed by atoms with E-state index in [-0.39, 0.29) is 5.69 Å². The molecule has 2 rings (SSSR count). The summed E-state index contributed by atoms with van der Waals surface area (Å²) in [5.41, 5.74) is 2.55. The first kappa shape index (κ1) is 14.5. The van der Waals surface area contributed by atoms with Crippen LogP contribution in [-0.4, -0.2) is 23.3 Å². The van der Waals surface area contributed by atoms with E-state index in [2.05, 4.69) is 49.2 Å². The number of benzene rings is 1. The maximum Gasteiger partial charge on any atom is 0.358 e. The van der Waals surface area contributed by atoms with E-state index in [1.165, 1.54) is 18.2 Å². The summed E-state index contributed by atoms with van der Waals surface area (Å²) in [7, 11) is 1.31. The highest BCUT2D eigenvalue weighted by Crippen LogP contribution is 2.17. The number of methoxy groups -OCH3 is 1. The van der Waals surface area contributed by atoms with E-state index in [4.69, 9.17) is 0 Å². The second kappa shape index (κ2) is 6.47. The van der Waals surface area contributed by atoms with E-state index in [9.17, 15) is 4.79 Å². The number of nitrogens with one attached hydrogen (secondary N) is 1. The summed E-state index contributed by atoms with van der Waals surface area (Å²) in [6.45, 7) is 2.69. The maximum atomic E-state index is 11.2. The van der Waals surface area contributed by atoms with Crippen LogP contribution < -0.4 is 5.32 Å². The minimum absolute atomic E-state index is 0.191. The fraction of sp³-hybridized carbons (Fsp3) is 0.214. The van der Waals surface area contributed by atoms with Gasteiger partial charge in [0, 0.05) is 11.0 Å². The van der Waals surface area contributed by atoms with Crippen LogP contribution in [0, 0.1) is 6.92 Å². The molecule has 2 aromatic rings. The zero-order valence-electron chi connectivity index (χ0n) is 11.2. The number of hydrogen-bond donors (Lipinski definition) is 1. The third kappa shape index (κ3) is 3.54. The normalized spacial score (nSPS) is 10.2. The van der Waals surface area contributed by atoms with Crippen molar-refractivity contribution in [2.75, 3.05) is 12.4 Å². The van der Waals surface area contributed by atoms with E-state index in [0.29, 0.717) is 12.4 Å². The van der Waals surface area contributed by atoms with Crippen molar-refractivity contribution < 1.29 is 9.53 Å². The van der Waals surface area contributed by atoms with E-state index in [0.717, 1.165) is 4.47 Å². The number of aryl methyl sites for hydroxylation is 1. The first-order chi connectivity index (χ1) is 9.60. The Bertz CT molecular complexity index is 614. The lowest BCUT2D eigenvalue weighted by molar-refractivity contribution is 0.0593. The molecule has 0 saturated carbocycles. The molecule has 104 valence electrons. The van der Waals surface area contributed by atoms with Gasteiger partial charge in [-0.05, 0) is 42.3 Å². The van der Waals surface area contributed by atoms with Crippen LogP contribution in [0.2, 0.25) is 0 Å². The first-order valence-corrected chi connectivity index (χ1v) is 6.80. The molecule has 0 atom stereocenters. The highest BCUT2D eigenvalue weighted by Gasteiger charge is 2.07. The third-order valence-corrected chi connectivity index (χ3v) is 3.32. The van der Waals surface area contributed by atoms with Crippen molar-refractivity contribution in [3.63, 3.8) is 0 Å². The molecule has 20 heavy (non-hydrogen) atoms. The molecule has 0 aliphatic rings. The third-order valence-electron chi connectivity index (χ3n) is 2.83. The molecule has 0 fully saturated rings. The Hall–Kier alpha value is -1.95. The fourth-order valence-corrected chi connectivity index (χ4v) is 2.06. The molecule has 0 bridgehead atoms. The van der Waals surface area contributed by atoms with E-state index >= 15 is 0 Å². The van der Waals surface area contributed by atoms with Gasteiger partial charge in [0.05, 0.1) is 7.11 Å². The zero-order valence-corrected chi connectivity index (χ0v) is 12.8. The second-order valence-electron chi connectivity index (χ2n) is 4.22. The molecule has 1 heterocycles. The smallest absolute Gasteiger partial charge is 0.358 e. The molecule has 0 radical (unpaired) electrons. The van der Waals surface area contributed by atoms with Crippen LogP contribution in [0.1, 0.15) is 21.6 Å². The van der Waals surface area contributed by atoms with Crippen molar-refractivity contribution in [3.8, 4) is 0 Å². The fourth-order valence-electron chi connectivity index (χ4n) is 1.66. The van der Waals surface area contributed by atoms with Crippen molar-refractivity contribution in [2.45, 2.75) is 13.5 Å². The Labute approximate surface area is 125 Å². The largest absolute Gasteiger partial charge is 0.464 e. The highest BCUT2D eigenvalue weighted by molar-refractivity contribution is 9.10. The van der Waals surface area contributed by atoms with Gasteiger partial charge in [0.2, 0.25) is 0 Å². The average molecular weight is 336 g/mol. The van der Waals surface area contributed by atoms with Crippen molar-refractivity contribution in [1.82, 2.24) is 10.2 Å². The molecule has 1 aromatic carbocycles. The van der Waals surface area contributed by atoms with Crippen LogP contribution in [0.4, 0.5) is 5.82 Å². The summed E-state index contributed by atoms with van der Waals surface area (Å²) in [6.07, 6.45) is 0. The molecule has 5 nitrogen and oxygen atoms in total. The molecule has 1 aromatic heterocycles. The number of anilines is 1. The predicted octanol–water partition coefficient (Wildman–Crippen LogP) is 2.95. The van der Waals surface area contributed by atoms with Crippen molar-refractivity contribution >= 4 is 27.7 Å². The van der Waals surface area contributed by atoms with Gasteiger partial charge in [0.25, 0.3) is 0 Å². The van der Waals surface area contributed by atoms with Gasteiger partial charge in [0.1, 0.15) is 5.82 Å². The topological polar surface area (TPSA) is 64.1 Å². The summed E-state index contributed by atoms with van der Waals surface area (Å²) in [5.74, 6) is 0.115. The maximum absolute atomic E-state index is 11.2. The Kier molecular flexibility index (Phi) is 4.68. The number of esters is 1. The molecule has 0 aliphatic heterocycles. The summed E-state index contributed by atoms with van der Waals surface area (Å²) in [5, 5.41) is 10.9. The average Bonchev–Trinajstić information content (AvgIpc) is 2.48. The van der Waals surface area contributed by atoms with Gasteiger partial charge in [-0.25, -0.2) is 4.79 Å². The van der Waals surface area contributed by atoms with Crippen molar-refractivity contribution in [1.29, 1.82) is 0 Å². The van der Waals surface area contributed by atoms with Gasteiger partial charge >= 0.3 is 5.97 Å². The number of ether oxygens (including phenoxy) is 1. The lowest BCUT2D eigenvalue weighted by atomic mass is 10.1. The minimum atomic E-state index is -0.494. The van der Waals surface area contributed by atoms with E-state index in [1.807, 2.05) is 12.1 Å². The van der Waals surface area contributed by atoms with Gasteiger partial charge in [-0.1, -0.05) is 22.0 Å². The Morgan fingerprint density at radius 3 is 2.75 bits per heavy atom. The number of rotatable bonds is 4. The molecule has 1 N–H and O–H groups in total. The Balaban J connectivity index is 2.04. The predicted molar refractivity (Wildman–Crippen MR) is 79.6 cm³/mol. The Morgan fingerprint density at radius 2 is 2.10 bits per heavy atom. The van der Waals surface area contributed by atoms with Crippen LogP contribution in [0.15, 0.2) is 34.8 Å². The van der Waals surface area contributed by atoms with Crippen LogP contribution in [0.3, 0.4) is 0 Å². The lowest BCUT2D eigenvalue weighted by Gasteiger charge is -2.08. The quantitative estimate of drug-likeness (QED) is 0.870. The molecule has 0 saturated heterocycles.